The van der Waals surface area contributed by atoms with Gasteiger partial charge in [-0.15, -0.1) is 0 Å². The van der Waals surface area contributed by atoms with Gasteiger partial charge in [0.05, 0.1) is 0 Å². The van der Waals surface area contributed by atoms with Crippen LogP contribution in [0.2, 0.25) is 0 Å². The van der Waals surface area contributed by atoms with Gasteiger partial charge < -0.3 is 14.2 Å². The summed E-state index contributed by atoms with van der Waals surface area (Å²) < 4.78 is 16.7. The summed E-state index contributed by atoms with van der Waals surface area (Å²) in [5.41, 5.74) is 0. The van der Waals surface area contributed by atoms with Crippen molar-refractivity contribution in [2.75, 3.05) is 13.2 Å². The van der Waals surface area contributed by atoms with Gasteiger partial charge in [0.1, 0.15) is 13.2 Å². The molecular formula is C57H102O6. The first-order chi connectivity index (χ1) is 31.0. The highest BCUT2D eigenvalue weighted by Gasteiger charge is 2.19. The molecule has 0 aliphatic carbocycles. The molecule has 6 heteroatoms. The molecule has 0 amide bonds. The number of carbonyl (C=O) groups excluding carboxylic acids is 3. The van der Waals surface area contributed by atoms with E-state index < -0.39 is 6.10 Å². The SMILES string of the molecule is CC/C=C\C/C=C\C/C=C\C/C=C\CCCCCCCCCCCCCCCCC(=O)OCC(COC(=O)CCCCCCCC)OC(=O)CCCCCCCCCCCCCC. The van der Waals surface area contributed by atoms with Gasteiger partial charge in [0, 0.05) is 19.3 Å². The van der Waals surface area contributed by atoms with E-state index in [4.69, 9.17) is 14.2 Å². The fourth-order valence-corrected chi connectivity index (χ4v) is 7.79. The van der Waals surface area contributed by atoms with E-state index in [1.54, 1.807) is 0 Å². The van der Waals surface area contributed by atoms with Crippen LogP contribution in [0.15, 0.2) is 48.6 Å². The maximum absolute atomic E-state index is 12.7. The van der Waals surface area contributed by atoms with Crippen molar-refractivity contribution >= 4 is 17.9 Å². The fourth-order valence-electron chi connectivity index (χ4n) is 7.79. The van der Waals surface area contributed by atoms with E-state index in [1.165, 1.54) is 154 Å². The van der Waals surface area contributed by atoms with Crippen molar-refractivity contribution in [1.29, 1.82) is 0 Å². The Balaban J connectivity index is 4.03. The molecule has 0 aliphatic heterocycles. The minimum absolute atomic E-state index is 0.0694. The maximum atomic E-state index is 12.7. The van der Waals surface area contributed by atoms with Crippen LogP contribution in [0.4, 0.5) is 0 Å². The van der Waals surface area contributed by atoms with Crippen LogP contribution in [0, 0.1) is 0 Å². The molecule has 0 heterocycles. The molecule has 0 radical (unpaired) electrons. The van der Waals surface area contributed by atoms with Crippen molar-refractivity contribution < 1.29 is 28.6 Å². The van der Waals surface area contributed by atoms with Crippen LogP contribution < -0.4 is 0 Å². The van der Waals surface area contributed by atoms with Crippen molar-refractivity contribution in [2.24, 2.45) is 0 Å². The number of esters is 3. The Labute approximate surface area is 390 Å². The van der Waals surface area contributed by atoms with Gasteiger partial charge in [0.25, 0.3) is 0 Å². The number of ether oxygens (including phenoxy) is 3. The largest absolute Gasteiger partial charge is 0.462 e. The molecule has 0 saturated carbocycles. The summed E-state index contributed by atoms with van der Waals surface area (Å²) in [6.07, 6.45) is 62.8. The number of rotatable bonds is 49. The highest BCUT2D eigenvalue weighted by Crippen LogP contribution is 2.16. The molecule has 0 aromatic rings. The zero-order valence-corrected chi connectivity index (χ0v) is 41.8. The summed E-state index contributed by atoms with van der Waals surface area (Å²) in [5.74, 6) is -0.870. The van der Waals surface area contributed by atoms with Crippen LogP contribution in [0.5, 0.6) is 0 Å². The number of allylic oxidation sites excluding steroid dienone is 8. The maximum Gasteiger partial charge on any atom is 0.306 e. The third-order valence-electron chi connectivity index (χ3n) is 11.8. The fraction of sp³-hybridized carbons (Fsp3) is 0.807. The van der Waals surface area contributed by atoms with Crippen LogP contribution in [-0.2, 0) is 28.6 Å². The molecule has 0 aromatic carbocycles. The van der Waals surface area contributed by atoms with Crippen LogP contribution in [-0.4, -0.2) is 37.2 Å². The lowest BCUT2D eigenvalue weighted by molar-refractivity contribution is -0.167. The normalized spacial score (nSPS) is 12.4. The summed E-state index contributed by atoms with van der Waals surface area (Å²) >= 11 is 0. The Morgan fingerprint density at radius 1 is 0.333 bits per heavy atom. The Morgan fingerprint density at radius 3 is 0.968 bits per heavy atom. The topological polar surface area (TPSA) is 78.9 Å². The number of carbonyl (C=O) groups is 3. The van der Waals surface area contributed by atoms with Gasteiger partial charge in [0.15, 0.2) is 6.10 Å². The summed E-state index contributed by atoms with van der Waals surface area (Å²) in [7, 11) is 0. The Morgan fingerprint density at radius 2 is 0.619 bits per heavy atom. The molecule has 0 N–H and O–H groups in total. The quantitative estimate of drug-likeness (QED) is 0.0262. The van der Waals surface area contributed by atoms with Gasteiger partial charge in [-0.3, -0.25) is 14.4 Å². The monoisotopic (exact) mass is 883 g/mol. The minimum atomic E-state index is -0.765. The molecule has 0 fully saturated rings. The van der Waals surface area contributed by atoms with Gasteiger partial charge in [-0.1, -0.05) is 249 Å². The van der Waals surface area contributed by atoms with Gasteiger partial charge in [0.2, 0.25) is 0 Å². The van der Waals surface area contributed by atoms with Crippen molar-refractivity contribution in [3.8, 4) is 0 Å². The average molecular weight is 883 g/mol. The lowest BCUT2D eigenvalue weighted by atomic mass is 10.0. The molecule has 0 bridgehead atoms. The van der Waals surface area contributed by atoms with E-state index in [2.05, 4.69) is 69.4 Å². The summed E-state index contributed by atoms with van der Waals surface area (Å²) in [6, 6.07) is 0. The van der Waals surface area contributed by atoms with Crippen molar-refractivity contribution in [2.45, 2.75) is 284 Å². The first kappa shape index (κ1) is 60.4. The van der Waals surface area contributed by atoms with Crippen molar-refractivity contribution in [3.05, 3.63) is 48.6 Å². The van der Waals surface area contributed by atoms with Crippen LogP contribution in [0.3, 0.4) is 0 Å². The smallest absolute Gasteiger partial charge is 0.306 e. The molecule has 366 valence electrons. The Kier molecular flexibility index (Phi) is 49.8. The molecule has 0 aliphatic rings. The van der Waals surface area contributed by atoms with E-state index >= 15 is 0 Å². The first-order valence-electron chi connectivity index (χ1n) is 27.1. The zero-order valence-electron chi connectivity index (χ0n) is 41.8. The molecule has 0 spiro atoms. The van der Waals surface area contributed by atoms with Gasteiger partial charge in [-0.25, -0.2) is 0 Å². The third kappa shape index (κ3) is 50.2. The van der Waals surface area contributed by atoms with Gasteiger partial charge in [-0.05, 0) is 57.8 Å². The predicted octanol–water partition coefficient (Wildman–Crippen LogP) is 17.9. The molecular weight excluding hydrogens is 781 g/mol. The van der Waals surface area contributed by atoms with Crippen molar-refractivity contribution in [3.63, 3.8) is 0 Å². The van der Waals surface area contributed by atoms with Crippen LogP contribution >= 0.6 is 0 Å². The number of hydrogen-bond donors (Lipinski definition) is 0. The van der Waals surface area contributed by atoms with Crippen LogP contribution in [0.1, 0.15) is 278 Å². The standard InChI is InChI=1S/C57H102O6/c1-4-7-10-13-16-18-20-22-23-24-25-26-27-28-29-30-31-32-33-34-35-36-38-39-41-44-47-50-56(59)62-53-54(52-61-55(58)49-46-43-15-12-9-6-3)63-57(60)51-48-45-42-40-37-21-19-17-14-11-8-5-2/h7,10,16,18,22-23,25-26,54H,4-6,8-9,11-15,17,19-21,24,27-53H2,1-3H3/b10-7-,18-16-,23-22-,26-25-. The van der Waals surface area contributed by atoms with E-state index in [0.29, 0.717) is 19.3 Å². The summed E-state index contributed by atoms with van der Waals surface area (Å²) in [5, 5.41) is 0. The zero-order chi connectivity index (χ0) is 45.8. The Hall–Kier alpha value is -2.63. The van der Waals surface area contributed by atoms with Gasteiger partial charge in [-0.2, -0.15) is 0 Å². The second-order valence-corrected chi connectivity index (χ2v) is 18.1. The van der Waals surface area contributed by atoms with E-state index in [-0.39, 0.29) is 31.1 Å². The van der Waals surface area contributed by atoms with Crippen LogP contribution in [0.25, 0.3) is 0 Å². The predicted molar refractivity (Wildman–Crippen MR) is 270 cm³/mol. The van der Waals surface area contributed by atoms with E-state index in [9.17, 15) is 14.4 Å². The number of unbranched alkanes of at least 4 members (excludes halogenated alkanes) is 30. The average Bonchev–Trinajstić information content (AvgIpc) is 3.28. The van der Waals surface area contributed by atoms with E-state index in [1.807, 2.05) is 0 Å². The molecule has 0 aromatic heterocycles. The lowest BCUT2D eigenvalue weighted by Crippen LogP contribution is -2.30. The minimum Gasteiger partial charge on any atom is -0.462 e. The molecule has 1 atom stereocenters. The lowest BCUT2D eigenvalue weighted by Gasteiger charge is -2.18. The van der Waals surface area contributed by atoms with Gasteiger partial charge >= 0.3 is 17.9 Å². The first-order valence-corrected chi connectivity index (χ1v) is 27.1. The third-order valence-corrected chi connectivity index (χ3v) is 11.8. The molecule has 1 unspecified atom stereocenters. The Bertz CT molecular complexity index is 1110. The summed E-state index contributed by atoms with van der Waals surface area (Å²) in [6.45, 7) is 6.48. The second-order valence-electron chi connectivity index (χ2n) is 18.1. The number of hydrogen-bond acceptors (Lipinski definition) is 6. The van der Waals surface area contributed by atoms with E-state index in [0.717, 1.165) is 83.5 Å². The molecule has 0 rings (SSSR count). The molecule has 6 nitrogen and oxygen atoms in total. The highest BCUT2D eigenvalue weighted by atomic mass is 16.6. The summed E-state index contributed by atoms with van der Waals surface area (Å²) in [4.78, 5) is 37.7. The molecule has 0 saturated heterocycles. The van der Waals surface area contributed by atoms with Crippen molar-refractivity contribution in [1.82, 2.24) is 0 Å². The molecule has 63 heavy (non-hydrogen) atoms. The highest BCUT2D eigenvalue weighted by molar-refractivity contribution is 5.71. The second kappa shape index (κ2) is 52.0.